The molecular weight excluding hydrogens is 246 g/mol. The van der Waals surface area contributed by atoms with E-state index in [0.29, 0.717) is 6.04 Å². The van der Waals surface area contributed by atoms with Crippen LogP contribution in [0.2, 0.25) is 5.02 Å². The van der Waals surface area contributed by atoms with Crippen molar-refractivity contribution in [3.63, 3.8) is 0 Å². The van der Waals surface area contributed by atoms with Crippen LogP contribution in [0.5, 0.6) is 0 Å². The van der Waals surface area contributed by atoms with Crippen molar-refractivity contribution in [2.24, 2.45) is 5.92 Å². The van der Waals surface area contributed by atoms with Gasteiger partial charge >= 0.3 is 0 Å². The van der Waals surface area contributed by atoms with Crippen LogP contribution in [0.1, 0.15) is 25.3 Å². The van der Waals surface area contributed by atoms with Crippen LogP contribution >= 0.6 is 11.6 Å². The van der Waals surface area contributed by atoms with E-state index in [-0.39, 0.29) is 0 Å². The van der Waals surface area contributed by atoms with Crippen molar-refractivity contribution in [2.45, 2.75) is 32.4 Å². The van der Waals surface area contributed by atoms with Crippen LogP contribution in [0.3, 0.4) is 0 Å². The first-order chi connectivity index (χ1) is 8.63. The van der Waals surface area contributed by atoms with Gasteiger partial charge in [0.1, 0.15) is 0 Å². The van der Waals surface area contributed by atoms with Crippen molar-refractivity contribution >= 4 is 23.0 Å². The van der Waals surface area contributed by atoms with Gasteiger partial charge in [-0.25, -0.2) is 0 Å². The molecule has 1 fully saturated rings. The van der Waals surface area contributed by atoms with E-state index >= 15 is 0 Å². The molecule has 1 unspecified atom stereocenters. The molecule has 0 radical (unpaired) electrons. The Bertz CT molecular complexity index is 457. The van der Waals surface area contributed by atoms with Crippen molar-refractivity contribution in [3.05, 3.63) is 22.7 Å². The summed E-state index contributed by atoms with van der Waals surface area (Å²) in [5.41, 5.74) is 9.11. The largest absolute Gasteiger partial charge is 0.397 e. The van der Waals surface area contributed by atoms with Gasteiger partial charge in [0.25, 0.3) is 0 Å². The molecule has 1 heterocycles. The Morgan fingerprint density at radius 3 is 2.94 bits per heavy atom. The van der Waals surface area contributed by atoms with Gasteiger partial charge in [0.15, 0.2) is 0 Å². The van der Waals surface area contributed by atoms with E-state index in [9.17, 15) is 0 Å². The summed E-state index contributed by atoms with van der Waals surface area (Å²) in [4.78, 5) is 2.55. The molecule has 0 amide bonds. The van der Waals surface area contributed by atoms with E-state index < -0.39 is 0 Å². The molecule has 1 aliphatic heterocycles. The molecule has 3 nitrogen and oxygen atoms in total. The summed E-state index contributed by atoms with van der Waals surface area (Å²) in [7, 11) is 0. The molecule has 4 heteroatoms. The van der Waals surface area contributed by atoms with Crippen molar-refractivity contribution in [2.75, 3.05) is 24.1 Å². The predicted molar refractivity (Wildman–Crippen MR) is 77.0 cm³/mol. The highest BCUT2D eigenvalue weighted by atomic mass is 35.5. The summed E-state index contributed by atoms with van der Waals surface area (Å²) in [5, 5.41) is 4.20. The molecule has 0 saturated heterocycles. The number of nitrogens with two attached hydrogens (primary N) is 1. The fourth-order valence-corrected chi connectivity index (χ4v) is 2.91. The number of nitrogen functional groups attached to an aromatic ring is 1. The molecule has 1 atom stereocenters. The number of nitrogens with zero attached hydrogens (tertiary/aromatic N) is 1. The number of nitrogens with one attached hydrogen (secondary N) is 1. The topological polar surface area (TPSA) is 41.3 Å². The molecule has 3 N–H and O–H groups in total. The van der Waals surface area contributed by atoms with Crippen LogP contribution < -0.4 is 11.1 Å². The Hall–Kier alpha value is -0.930. The molecule has 0 bridgehead atoms. The molecule has 0 spiro atoms. The van der Waals surface area contributed by atoms with Crippen molar-refractivity contribution < 1.29 is 0 Å². The van der Waals surface area contributed by atoms with Gasteiger partial charge in [-0.05, 0) is 43.4 Å². The minimum absolute atomic E-state index is 0.538. The molecular formula is C14H20ClN3. The summed E-state index contributed by atoms with van der Waals surface area (Å²) >= 11 is 6.11. The van der Waals surface area contributed by atoms with Crippen molar-refractivity contribution in [1.29, 1.82) is 0 Å². The van der Waals surface area contributed by atoms with E-state index in [4.69, 9.17) is 17.3 Å². The lowest BCUT2D eigenvalue weighted by atomic mass is 10.1. The Kier molecular flexibility index (Phi) is 3.12. The highest BCUT2D eigenvalue weighted by Crippen LogP contribution is 2.35. The van der Waals surface area contributed by atoms with Gasteiger partial charge in [0.2, 0.25) is 0 Å². The lowest BCUT2D eigenvalue weighted by Crippen LogP contribution is -2.36. The zero-order valence-electron chi connectivity index (χ0n) is 10.7. The quantitative estimate of drug-likeness (QED) is 0.808. The van der Waals surface area contributed by atoms with Crippen LogP contribution in [-0.4, -0.2) is 24.0 Å². The van der Waals surface area contributed by atoms with E-state index in [1.807, 2.05) is 12.1 Å². The second-order valence-corrected chi connectivity index (χ2v) is 6.07. The second-order valence-electron chi connectivity index (χ2n) is 5.63. The smallest absolute Gasteiger partial charge is 0.0621 e. The van der Waals surface area contributed by atoms with E-state index in [1.165, 1.54) is 24.9 Å². The number of hydrogen-bond acceptors (Lipinski definition) is 3. The summed E-state index contributed by atoms with van der Waals surface area (Å²) in [6.45, 7) is 5.38. The fourth-order valence-electron chi connectivity index (χ4n) is 2.66. The average molecular weight is 266 g/mol. The van der Waals surface area contributed by atoms with Crippen LogP contribution in [0, 0.1) is 5.92 Å². The lowest BCUT2D eigenvalue weighted by molar-refractivity contribution is 0.203. The predicted octanol–water partition coefficient (Wildman–Crippen LogP) is 2.95. The number of rotatable bonds is 2. The van der Waals surface area contributed by atoms with Gasteiger partial charge in [0, 0.05) is 30.7 Å². The molecule has 2 aliphatic rings. The third kappa shape index (κ3) is 2.43. The Labute approximate surface area is 113 Å². The molecule has 1 aromatic carbocycles. The van der Waals surface area contributed by atoms with Gasteiger partial charge in [0.05, 0.1) is 11.4 Å². The van der Waals surface area contributed by atoms with Gasteiger partial charge in [-0.3, -0.25) is 4.90 Å². The molecule has 1 aromatic rings. The molecule has 1 saturated carbocycles. The van der Waals surface area contributed by atoms with E-state index in [2.05, 4.69) is 17.1 Å². The van der Waals surface area contributed by atoms with Crippen LogP contribution in [-0.2, 0) is 6.54 Å². The first-order valence-corrected chi connectivity index (χ1v) is 7.07. The zero-order chi connectivity index (χ0) is 12.7. The summed E-state index contributed by atoms with van der Waals surface area (Å²) in [6, 6.07) is 4.41. The maximum Gasteiger partial charge on any atom is 0.0621 e. The molecule has 0 aromatic heterocycles. The molecule has 98 valence electrons. The number of hydrogen-bond donors (Lipinski definition) is 2. The number of fused-ring (bicyclic) bond motifs is 1. The first kappa shape index (κ1) is 12.1. The Morgan fingerprint density at radius 1 is 1.44 bits per heavy atom. The highest BCUT2D eigenvalue weighted by Gasteiger charge is 2.28. The number of anilines is 2. The highest BCUT2D eigenvalue weighted by molar-refractivity contribution is 6.31. The van der Waals surface area contributed by atoms with Gasteiger partial charge < -0.3 is 11.1 Å². The third-order valence-electron chi connectivity index (χ3n) is 3.98. The minimum atomic E-state index is 0.538. The van der Waals surface area contributed by atoms with E-state index in [1.54, 1.807) is 0 Å². The normalized spacial score (nSPS) is 24.2. The van der Waals surface area contributed by atoms with Gasteiger partial charge in [-0.15, -0.1) is 0 Å². The maximum atomic E-state index is 6.11. The summed E-state index contributed by atoms with van der Waals surface area (Å²) < 4.78 is 0. The van der Waals surface area contributed by atoms with Crippen LogP contribution in [0.25, 0.3) is 0 Å². The molecule has 18 heavy (non-hydrogen) atoms. The second kappa shape index (κ2) is 4.63. The van der Waals surface area contributed by atoms with Crippen LogP contribution in [0.4, 0.5) is 11.4 Å². The standard InChI is InChI=1S/C14H20ClN3/c1-9-6-17-14-11(4-12(15)5-13(14)16)8-18(9)7-10-2-3-10/h4-5,9-10,17H,2-3,6-8,16H2,1H3. The fraction of sp³-hybridized carbons (Fsp3) is 0.571. The van der Waals surface area contributed by atoms with Crippen LogP contribution in [0.15, 0.2) is 12.1 Å². The third-order valence-corrected chi connectivity index (χ3v) is 4.19. The summed E-state index contributed by atoms with van der Waals surface area (Å²) in [5.74, 6) is 0.908. The van der Waals surface area contributed by atoms with Crippen molar-refractivity contribution in [3.8, 4) is 0 Å². The lowest BCUT2D eigenvalue weighted by Gasteiger charge is -2.26. The average Bonchev–Trinajstić information content (AvgIpc) is 3.10. The van der Waals surface area contributed by atoms with Gasteiger partial charge in [-0.1, -0.05) is 11.6 Å². The Balaban J connectivity index is 1.88. The number of halogens is 1. The first-order valence-electron chi connectivity index (χ1n) is 6.69. The molecule has 3 rings (SSSR count). The zero-order valence-corrected chi connectivity index (χ0v) is 11.5. The minimum Gasteiger partial charge on any atom is -0.397 e. The summed E-state index contributed by atoms with van der Waals surface area (Å²) in [6.07, 6.45) is 2.78. The molecule has 1 aliphatic carbocycles. The maximum absolute atomic E-state index is 6.11. The van der Waals surface area contributed by atoms with Crippen molar-refractivity contribution in [1.82, 2.24) is 4.90 Å². The number of benzene rings is 1. The Morgan fingerprint density at radius 2 is 2.22 bits per heavy atom. The van der Waals surface area contributed by atoms with Gasteiger partial charge in [-0.2, -0.15) is 0 Å². The monoisotopic (exact) mass is 265 g/mol. The van der Waals surface area contributed by atoms with E-state index in [0.717, 1.165) is 35.4 Å². The SMILES string of the molecule is CC1CNc2c(N)cc(Cl)cc2CN1CC1CC1.